The summed E-state index contributed by atoms with van der Waals surface area (Å²) in [7, 11) is 0. The van der Waals surface area contributed by atoms with Crippen molar-refractivity contribution in [2.45, 2.75) is 6.42 Å². The summed E-state index contributed by atoms with van der Waals surface area (Å²) in [6.07, 6.45) is 1.23. The first-order valence-corrected chi connectivity index (χ1v) is 8.49. The maximum absolute atomic E-state index is 8.73. The van der Waals surface area contributed by atoms with Gasteiger partial charge >= 0.3 is 0 Å². The molecule has 2 N–H and O–H groups in total. The van der Waals surface area contributed by atoms with Crippen LogP contribution in [-0.2, 0) is 0 Å². The largest absolute Gasteiger partial charge is 0.386 e. The van der Waals surface area contributed by atoms with Crippen LogP contribution in [0.1, 0.15) is 6.42 Å². The Bertz CT molecular complexity index is 169. The lowest BCUT2D eigenvalue weighted by molar-refractivity contribution is 0.273. The van der Waals surface area contributed by atoms with Crippen LogP contribution in [0.5, 0.6) is 0 Å². The first-order valence-electron chi connectivity index (χ1n) is 6.18. The molecule has 1 heterocycles. The van der Waals surface area contributed by atoms with Gasteiger partial charge in [0.05, 0.1) is 11.9 Å². The Morgan fingerprint density at radius 1 is 0.765 bits per heavy atom. The van der Waals surface area contributed by atoms with Crippen molar-refractivity contribution in [3.05, 3.63) is 0 Å². The van der Waals surface area contributed by atoms with E-state index in [2.05, 4.69) is 9.80 Å². The fourth-order valence-corrected chi connectivity index (χ4v) is 3.02. The average Bonchev–Trinajstić information content (AvgIpc) is 2.56. The van der Waals surface area contributed by atoms with Gasteiger partial charge < -0.3 is 20.0 Å². The predicted octanol–water partition coefficient (Wildman–Crippen LogP) is 0.360. The van der Waals surface area contributed by atoms with Crippen LogP contribution in [0.3, 0.4) is 0 Å². The second kappa shape index (κ2) is 10.5. The summed E-state index contributed by atoms with van der Waals surface area (Å²) >= 11 is 3.19. The van der Waals surface area contributed by atoms with E-state index >= 15 is 0 Å². The molecule has 102 valence electrons. The number of aliphatic hydroxyl groups excluding tert-OH is 2. The molecule has 1 fully saturated rings. The quantitative estimate of drug-likeness (QED) is 0.494. The van der Waals surface area contributed by atoms with Gasteiger partial charge in [-0.1, -0.05) is 0 Å². The SMILES string of the molecule is OCSCCN1CCCN(CCSCO)CC1. The van der Waals surface area contributed by atoms with Crippen LogP contribution in [0.15, 0.2) is 0 Å². The molecule has 0 unspecified atom stereocenters. The highest BCUT2D eigenvalue weighted by Crippen LogP contribution is 2.06. The van der Waals surface area contributed by atoms with Crippen molar-refractivity contribution >= 4 is 23.5 Å². The standard InChI is InChI=1S/C11H24N2O2S2/c14-10-16-8-6-12-2-1-3-13(5-4-12)7-9-17-11-15/h14-15H,1-11H2. The normalized spacial score (nSPS) is 19.4. The Morgan fingerprint density at radius 2 is 1.24 bits per heavy atom. The van der Waals surface area contributed by atoms with Gasteiger partial charge in [-0.05, 0) is 19.5 Å². The maximum atomic E-state index is 8.73. The molecule has 17 heavy (non-hydrogen) atoms. The third kappa shape index (κ3) is 7.54. The molecule has 0 aromatic heterocycles. The van der Waals surface area contributed by atoms with Crippen LogP contribution >= 0.6 is 23.5 Å². The van der Waals surface area contributed by atoms with E-state index in [0.717, 1.165) is 37.7 Å². The van der Waals surface area contributed by atoms with Crippen LogP contribution in [0, 0.1) is 0 Å². The summed E-state index contributed by atoms with van der Waals surface area (Å²) in [4.78, 5) is 4.98. The zero-order chi connectivity index (χ0) is 12.3. The molecule has 6 heteroatoms. The molecule has 0 amide bonds. The number of thioether (sulfide) groups is 2. The van der Waals surface area contributed by atoms with Crippen molar-refractivity contribution in [3.8, 4) is 0 Å². The van der Waals surface area contributed by atoms with E-state index in [9.17, 15) is 0 Å². The van der Waals surface area contributed by atoms with Crippen LogP contribution < -0.4 is 0 Å². The highest BCUT2D eigenvalue weighted by molar-refractivity contribution is 7.99. The van der Waals surface area contributed by atoms with Gasteiger partial charge in [-0.2, -0.15) is 0 Å². The molecule has 0 saturated carbocycles. The zero-order valence-corrected chi connectivity index (χ0v) is 12.0. The molecule has 1 saturated heterocycles. The lowest BCUT2D eigenvalue weighted by Gasteiger charge is -2.21. The minimum absolute atomic E-state index is 0.234. The Labute approximate surface area is 113 Å². The summed E-state index contributed by atoms with van der Waals surface area (Å²) in [6, 6.07) is 0. The molecular weight excluding hydrogens is 256 g/mol. The van der Waals surface area contributed by atoms with E-state index < -0.39 is 0 Å². The Balaban J connectivity index is 2.11. The number of hydrogen-bond acceptors (Lipinski definition) is 6. The molecule has 1 rings (SSSR count). The third-order valence-corrected chi connectivity index (χ3v) is 4.28. The van der Waals surface area contributed by atoms with E-state index in [-0.39, 0.29) is 11.9 Å². The van der Waals surface area contributed by atoms with E-state index in [0.29, 0.717) is 0 Å². The van der Waals surface area contributed by atoms with Crippen LogP contribution in [-0.4, -0.2) is 82.7 Å². The van der Waals surface area contributed by atoms with Crippen LogP contribution in [0.4, 0.5) is 0 Å². The maximum Gasteiger partial charge on any atom is 0.0886 e. The molecule has 0 aromatic rings. The fourth-order valence-electron chi connectivity index (χ4n) is 1.99. The first kappa shape index (κ1) is 15.6. The second-order valence-corrected chi connectivity index (χ2v) is 6.26. The molecule has 1 aliphatic heterocycles. The molecule has 0 bridgehead atoms. The van der Waals surface area contributed by atoms with Crippen molar-refractivity contribution in [2.75, 3.05) is 62.7 Å². The highest BCUT2D eigenvalue weighted by atomic mass is 32.2. The third-order valence-electron chi connectivity index (χ3n) is 2.97. The van der Waals surface area contributed by atoms with Crippen molar-refractivity contribution < 1.29 is 10.2 Å². The van der Waals surface area contributed by atoms with Crippen molar-refractivity contribution in [2.24, 2.45) is 0 Å². The smallest absolute Gasteiger partial charge is 0.0886 e. The fraction of sp³-hybridized carbons (Fsp3) is 1.00. The van der Waals surface area contributed by atoms with Crippen LogP contribution in [0.2, 0.25) is 0 Å². The highest BCUT2D eigenvalue weighted by Gasteiger charge is 2.13. The van der Waals surface area contributed by atoms with E-state index in [1.54, 1.807) is 23.5 Å². The molecule has 0 radical (unpaired) electrons. The molecule has 4 nitrogen and oxygen atoms in total. The van der Waals surface area contributed by atoms with Crippen molar-refractivity contribution in [3.63, 3.8) is 0 Å². The van der Waals surface area contributed by atoms with Gasteiger partial charge in [0.25, 0.3) is 0 Å². The summed E-state index contributed by atoms with van der Waals surface area (Å²) in [5.41, 5.74) is 0. The number of rotatable bonds is 8. The summed E-state index contributed by atoms with van der Waals surface area (Å²) < 4.78 is 0. The first-order chi connectivity index (χ1) is 8.36. The number of hydrogen-bond donors (Lipinski definition) is 2. The van der Waals surface area contributed by atoms with Gasteiger partial charge in [-0.15, -0.1) is 23.5 Å². The molecule has 0 spiro atoms. The van der Waals surface area contributed by atoms with Gasteiger partial charge in [0.15, 0.2) is 0 Å². The topological polar surface area (TPSA) is 46.9 Å². The lowest BCUT2D eigenvalue weighted by Crippen LogP contribution is -2.33. The minimum atomic E-state index is 0.234. The van der Waals surface area contributed by atoms with Gasteiger partial charge in [-0.25, -0.2) is 0 Å². The molecule has 1 aliphatic rings. The van der Waals surface area contributed by atoms with E-state index in [4.69, 9.17) is 10.2 Å². The Hall–Kier alpha value is 0.540. The average molecular weight is 280 g/mol. The van der Waals surface area contributed by atoms with E-state index in [1.807, 2.05) is 0 Å². The van der Waals surface area contributed by atoms with Gasteiger partial charge in [-0.3, -0.25) is 0 Å². The summed E-state index contributed by atoms with van der Waals surface area (Å²) in [6.45, 7) is 6.80. The van der Waals surface area contributed by atoms with Gasteiger partial charge in [0.2, 0.25) is 0 Å². The van der Waals surface area contributed by atoms with Gasteiger partial charge in [0.1, 0.15) is 0 Å². The van der Waals surface area contributed by atoms with Crippen molar-refractivity contribution in [1.29, 1.82) is 0 Å². The van der Waals surface area contributed by atoms with Crippen molar-refractivity contribution in [1.82, 2.24) is 9.80 Å². The lowest BCUT2D eigenvalue weighted by atomic mass is 10.4. The van der Waals surface area contributed by atoms with Gasteiger partial charge in [0, 0.05) is 37.7 Å². The molecular formula is C11H24N2O2S2. The van der Waals surface area contributed by atoms with E-state index in [1.165, 1.54) is 19.5 Å². The number of nitrogens with zero attached hydrogens (tertiary/aromatic N) is 2. The molecule has 0 aliphatic carbocycles. The molecule has 0 atom stereocenters. The monoisotopic (exact) mass is 280 g/mol. The van der Waals surface area contributed by atoms with Crippen LogP contribution in [0.25, 0.3) is 0 Å². The summed E-state index contributed by atoms with van der Waals surface area (Å²) in [5, 5.41) is 17.5. The number of aliphatic hydroxyl groups is 2. The zero-order valence-electron chi connectivity index (χ0n) is 10.4. The minimum Gasteiger partial charge on any atom is -0.386 e. The second-order valence-electron chi connectivity index (χ2n) is 4.11. The summed E-state index contributed by atoms with van der Waals surface area (Å²) in [5.74, 6) is 2.52. The Kier molecular flexibility index (Phi) is 9.60. The Morgan fingerprint density at radius 3 is 1.65 bits per heavy atom. The molecule has 0 aromatic carbocycles. The predicted molar refractivity (Wildman–Crippen MR) is 76.6 cm³/mol.